The summed E-state index contributed by atoms with van der Waals surface area (Å²) in [4.78, 5) is 29.5. The molecule has 5 heteroatoms. The Balaban J connectivity index is 1.62. The number of nitrogens with one attached hydrogen (secondary N) is 1. The average Bonchev–Trinajstić information content (AvgIpc) is 3.04. The molecule has 0 aliphatic rings. The lowest BCUT2D eigenvalue weighted by Gasteiger charge is -2.26. The van der Waals surface area contributed by atoms with Crippen molar-refractivity contribution in [2.45, 2.75) is 26.3 Å². The summed E-state index contributed by atoms with van der Waals surface area (Å²) in [5.41, 5.74) is 2.63. The minimum absolute atomic E-state index is 0.0304. The Labute approximate surface area is 152 Å². The number of amides is 1. The largest absolute Gasteiger partial charge is 0.455 e. The van der Waals surface area contributed by atoms with Crippen LogP contribution in [0.5, 0.6) is 0 Å². The van der Waals surface area contributed by atoms with Crippen molar-refractivity contribution in [3.05, 3.63) is 66.4 Å². The summed E-state index contributed by atoms with van der Waals surface area (Å²) in [6.45, 7) is 3.59. The highest BCUT2D eigenvalue weighted by Crippen LogP contribution is 2.19. The molecule has 3 aromatic rings. The first-order chi connectivity index (χ1) is 12.6. The SMILES string of the molecule is CC(C)N(C(=O)COC(=O)Cc1c[nH]c2ccccc12)c1ccccc1. The number of esters is 1. The van der Waals surface area contributed by atoms with Crippen molar-refractivity contribution in [2.75, 3.05) is 11.5 Å². The number of anilines is 1. The van der Waals surface area contributed by atoms with E-state index in [0.29, 0.717) is 0 Å². The van der Waals surface area contributed by atoms with Gasteiger partial charge in [-0.15, -0.1) is 0 Å². The third kappa shape index (κ3) is 3.94. The van der Waals surface area contributed by atoms with E-state index >= 15 is 0 Å². The average molecular weight is 350 g/mol. The Bertz CT molecular complexity index is 900. The first-order valence-electron chi connectivity index (χ1n) is 8.64. The van der Waals surface area contributed by atoms with Gasteiger partial charge in [0.05, 0.1) is 6.42 Å². The maximum absolute atomic E-state index is 12.5. The number of fused-ring (bicyclic) bond motifs is 1. The van der Waals surface area contributed by atoms with Crippen LogP contribution in [0.4, 0.5) is 5.69 Å². The molecule has 1 N–H and O–H groups in total. The molecule has 0 atom stereocenters. The Morgan fingerprint density at radius 1 is 1.04 bits per heavy atom. The fraction of sp³-hybridized carbons (Fsp3) is 0.238. The van der Waals surface area contributed by atoms with Gasteiger partial charge in [-0.1, -0.05) is 36.4 Å². The van der Waals surface area contributed by atoms with E-state index in [0.717, 1.165) is 22.2 Å². The monoisotopic (exact) mass is 350 g/mol. The first-order valence-corrected chi connectivity index (χ1v) is 8.64. The molecule has 134 valence electrons. The van der Waals surface area contributed by atoms with Crippen LogP contribution in [-0.2, 0) is 20.7 Å². The number of carbonyl (C=O) groups is 2. The van der Waals surface area contributed by atoms with Crippen LogP contribution >= 0.6 is 0 Å². The van der Waals surface area contributed by atoms with Crippen molar-refractivity contribution < 1.29 is 14.3 Å². The molecule has 26 heavy (non-hydrogen) atoms. The van der Waals surface area contributed by atoms with E-state index in [1.807, 2.05) is 68.4 Å². The smallest absolute Gasteiger partial charge is 0.310 e. The first kappa shape index (κ1) is 17.7. The van der Waals surface area contributed by atoms with E-state index < -0.39 is 5.97 Å². The predicted molar refractivity (Wildman–Crippen MR) is 102 cm³/mol. The van der Waals surface area contributed by atoms with E-state index in [1.54, 1.807) is 11.1 Å². The van der Waals surface area contributed by atoms with Crippen LogP contribution < -0.4 is 4.90 Å². The van der Waals surface area contributed by atoms with E-state index in [9.17, 15) is 9.59 Å². The molecule has 0 aliphatic heterocycles. The maximum Gasteiger partial charge on any atom is 0.310 e. The van der Waals surface area contributed by atoms with Crippen LogP contribution in [0.1, 0.15) is 19.4 Å². The van der Waals surface area contributed by atoms with Crippen LogP contribution in [0.3, 0.4) is 0 Å². The van der Waals surface area contributed by atoms with E-state index in [1.165, 1.54) is 0 Å². The molecule has 5 nitrogen and oxygen atoms in total. The highest BCUT2D eigenvalue weighted by Gasteiger charge is 2.20. The lowest BCUT2D eigenvalue weighted by molar-refractivity contribution is -0.147. The lowest BCUT2D eigenvalue weighted by Crippen LogP contribution is -2.40. The highest BCUT2D eigenvalue weighted by molar-refractivity contribution is 5.96. The zero-order valence-corrected chi connectivity index (χ0v) is 14.9. The Morgan fingerprint density at radius 3 is 2.46 bits per heavy atom. The molecule has 0 fully saturated rings. The van der Waals surface area contributed by atoms with Gasteiger partial charge in [0.2, 0.25) is 0 Å². The molecule has 0 saturated carbocycles. The van der Waals surface area contributed by atoms with E-state index in [-0.39, 0.29) is 25.0 Å². The molecule has 0 spiro atoms. The molecule has 0 unspecified atom stereocenters. The van der Waals surface area contributed by atoms with Crippen molar-refractivity contribution in [1.82, 2.24) is 4.98 Å². The summed E-state index contributed by atoms with van der Waals surface area (Å²) < 4.78 is 5.23. The number of aromatic amines is 1. The number of aromatic nitrogens is 1. The Hall–Kier alpha value is -3.08. The van der Waals surface area contributed by atoms with Gasteiger partial charge in [-0.05, 0) is 37.6 Å². The van der Waals surface area contributed by atoms with Gasteiger partial charge in [0.15, 0.2) is 6.61 Å². The second kappa shape index (κ2) is 7.87. The van der Waals surface area contributed by atoms with Gasteiger partial charge >= 0.3 is 5.97 Å². The zero-order chi connectivity index (χ0) is 18.5. The quantitative estimate of drug-likeness (QED) is 0.690. The number of H-pyrrole nitrogens is 1. The van der Waals surface area contributed by atoms with Crippen molar-refractivity contribution >= 4 is 28.5 Å². The molecule has 1 heterocycles. The number of rotatable bonds is 6. The fourth-order valence-electron chi connectivity index (χ4n) is 3.01. The number of para-hydroxylation sites is 2. The Morgan fingerprint density at radius 2 is 1.73 bits per heavy atom. The number of hydrogen-bond donors (Lipinski definition) is 1. The third-order valence-electron chi connectivity index (χ3n) is 4.19. The molecule has 1 aromatic heterocycles. The van der Waals surface area contributed by atoms with Gasteiger partial charge in [-0.25, -0.2) is 0 Å². The van der Waals surface area contributed by atoms with E-state index in [2.05, 4.69) is 4.98 Å². The predicted octanol–water partition coefficient (Wildman–Crippen LogP) is 3.70. The number of benzene rings is 2. The molecule has 0 aliphatic carbocycles. The standard InChI is InChI=1S/C21H22N2O3/c1-15(2)23(17-8-4-3-5-9-17)20(24)14-26-21(25)12-16-13-22-19-11-7-6-10-18(16)19/h3-11,13,15,22H,12,14H2,1-2H3. The minimum Gasteiger partial charge on any atom is -0.455 e. The van der Waals surface area contributed by atoms with Crippen molar-refractivity contribution in [3.63, 3.8) is 0 Å². The van der Waals surface area contributed by atoms with Gasteiger partial charge in [0, 0.05) is 28.8 Å². The van der Waals surface area contributed by atoms with Crippen molar-refractivity contribution in [3.8, 4) is 0 Å². The number of ether oxygens (including phenoxy) is 1. The van der Waals surface area contributed by atoms with Gasteiger partial charge in [-0.3, -0.25) is 9.59 Å². The third-order valence-corrected chi connectivity index (χ3v) is 4.19. The molecule has 0 bridgehead atoms. The molecular weight excluding hydrogens is 328 g/mol. The second-order valence-corrected chi connectivity index (χ2v) is 6.39. The van der Waals surface area contributed by atoms with Crippen LogP contribution in [0.25, 0.3) is 10.9 Å². The van der Waals surface area contributed by atoms with Gasteiger partial charge < -0.3 is 14.6 Å². The summed E-state index contributed by atoms with van der Waals surface area (Å²) in [7, 11) is 0. The summed E-state index contributed by atoms with van der Waals surface area (Å²) in [6, 6.07) is 17.1. The summed E-state index contributed by atoms with van der Waals surface area (Å²) in [5, 5.41) is 0.990. The van der Waals surface area contributed by atoms with Gasteiger partial charge in [0.1, 0.15) is 0 Å². The van der Waals surface area contributed by atoms with Crippen LogP contribution in [0.15, 0.2) is 60.8 Å². The van der Waals surface area contributed by atoms with Crippen LogP contribution in [-0.4, -0.2) is 29.5 Å². The number of carbonyl (C=O) groups excluding carboxylic acids is 2. The van der Waals surface area contributed by atoms with Gasteiger partial charge in [-0.2, -0.15) is 0 Å². The zero-order valence-electron chi connectivity index (χ0n) is 14.9. The van der Waals surface area contributed by atoms with Crippen LogP contribution in [0, 0.1) is 0 Å². The molecular formula is C21H22N2O3. The normalized spacial score (nSPS) is 10.9. The lowest BCUT2D eigenvalue weighted by atomic mass is 10.1. The maximum atomic E-state index is 12.5. The fourth-order valence-corrected chi connectivity index (χ4v) is 3.01. The molecule has 2 aromatic carbocycles. The number of hydrogen-bond acceptors (Lipinski definition) is 3. The molecule has 1 amide bonds. The van der Waals surface area contributed by atoms with Crippen LogP contribution in [0.2, 0.25) is 0 Å². The Kier molecular flexibility index (Phi) is 5.37. The summed E-state index contributed by atoms with van der Waals surface area (Å²) >= 11 is 0. The minimum atomic E-state index is -0.417. The second-order valence-electron chi connectivity index (χ2n) is 6.39. The molecule has 3 rings (SSSR count). The topological polar surface area (TPSA) is 62.4 Å². The van der Waals surface area contributed by atoms with Crippen molar-refractivity contribution in [1.29, 1.82) is 0 Å². The summed E-state index contributed by atoms with van der Waals surface area (Å²) in [5.74, 6) is -0.654. The summed E-state index contributed by atoms with van der Waals surface area (Å²) in [6.07, 6.45) is 1.93. The highest BCUT2D eigenvalue weighted by atomic mass is 16.5. The molecule has 0 radical (unpaired) electrons. The van der Waals surface area contributed by atoms with E-state index in [4.69, 9.17) is 4.74 Å². The molecule has 0 saturated heterocycles. The van der Waals surface area contributed by atoms with Crippen molar-refractivity contribution in [2.24, 2.45) is 0 Å². The number of nitrogens with zero attached hydrogens (tertiary/aromatic N) is 1. The van der Waals surface area contributed by atoms with Gasteiger partial charge in [0.25, 0.3) is 5.91 Å².